The highest BCUT2D eigenvalue weighted by molar-refractivity contribution is 9.10. The van der Waals surface area contributed by atoms with Gasteiger partial charge in [-0.15, -0.1) is 0 Å². The number of nitrogen functional groups attached to an aromatic ring is 2. The largest absolute Gasteiger partial charge is 0.569 e. The minimum absolute atomic E-state index is 0.531. The van der Waals surface area contributed by atoms with Gasteiger partial charge in [-0.25, -0.2) is 0 Å². The van der Waals surface area contributed by atoms with Crippen LogP contribution in [0.5, 0.6) is 5.75 Å². The Morgan fingerprint density at radius 1 is 0.667 bits per heavy atom. The van der Waals surface area contributed by atoms with Crippen molar-refractivity contribution in [3.05, 3.63) is 110 Å². The Balaban J connectivity index is 0.000000200. The van der Waals surface area contributed by atoms with Crippen LogP contribution in [-0.2, 0) is 0 Å². The number of halogens is 3. The molecule has 4 aromatic rings. The van der Waals surface area contributed by atoms with E-state index in [1.165, 1.54) is 0 Å². The molecule has 0 amide bonds. The van der Waals surface area contributed by atoms with Crippen molar-refractivity contribution in [1.29, 1.82) is 0 Å². The van der Waals surface area contributed by atoms with Gasteiger partial charge < -0.3 is 21.1 Å². The summed E-state index contributed by atoms with van der Waals surface area (Å²) < 4.78 is 5.72. The molecule has 4 nitrogen and oxygen atoms in total. The average Bonchev–Trinajstić information content (AvgIpc) is 2.83. The molecule has 0 bridgehead atoms. The fraction of sp³-hybridized carbons (Fsp3) is 0.143. The van der Waals surface area contributed by atoms with E-state index in [4.69, 9.17) is 39.7 Å². The number of anilines is 2. The van der Waals surface area contributed by atoms with Gasteiger partial charge in [0.1, 0.15) is 5.75 Å². The predicted octanol–water partition coefficient (Wildman–Crippen LogP) is 8.10. The molecule has 0 saturated heterocycles. The Morgan fingerprint density at radius 2 is 1.14 bits per heavy atom. The fourth-order valence-corrected chi connectivity index (χ4v) is 3.64. The van der Waals surface area contributed by atoms with E-state index in [0.717, 1.165) is 54.3 Å². The molecule has 0 saturated carbocycles. The van der Waals surface area contributed by atoms with Crippen LogP contribution in [-0.4, -0.2) is 12.7 Å². The van der Waals surface area contributed by atoms with Crippen LogP contribution in [0.1, 0.15) is 22.3 Å². The van der Waals surface area contributed by atoms with Gasteiger partial charge in [-0.3, -0.25) is 0 Å². The minimum Gasteiger partial charge on any atom is -0.537 e. The second kappa shape index (κ2) is 14.2. The zero-order valence-electron chi connectivity index (χ0n) is 20.6. The Kier molecular flexibility index (Phi) is 11.7. The first-order chi connectivity index (χ1) is 17.0. The lowest BCUT2D eigenvalue weighted by Gasteiger charge is -2.07. The maximum absolute atomic E-state index is 8.29. The summed E-state index contributed by atoms with van der Waals surface area (Å²) in [5.74, 6) is 0.531. The molecule has 1 radical (unpaired) electrons. The molecule has 8 heteroatoms. The van der Waals surface area contributed by atoms with Crippen LogP contribution in [0.4, 0.5) is 11.4 Å². The topological polar surface area (TPSA) is 81.5 Å². The van der Waals surface area contributed by atoms with Gasteiger partial charge in [0, 0.05) is 25.9 Å². The maximum Gasteiger partial charge on any atom is 0.569 e. The lowest BCUT2D eigenvalue weighted by Crippen LogP contribution is -1.99. The summed E-state index contributed by atoms with van der Waals surface area (Å²) in [6, 6.07) is 23.2. The molecule has 0 fully saturated rings. The van der Waals surface area contributed by atoms with Crippen LogP contribution in [0, 0.1) is 27.7 Å². The summed E-state index contributed by atoms with van der Waals surface area (Å²) in [6.07, 6.45) is 0. The van der Waals surface area contributed by atoms with Crippen molar-refractivity contribution in [2.75, 3.05) is 11.5 Å². The Labute approximate surface area is 232 Å². The Hall–Kier alpha value is -2.64. The maximum atomic E-state index is 8.29. The van der Waals surface area contributed by atoms with Gasteiger partial charge in [0.2, 0.25) is 0 Å². The average molecular weight is 587 g/mol. The SMILES string of the molecule is Cc1ccc(-c2ccc(C)c(Cl)c2)cc1N.Cc1ccc(Br)cc1N.Cc1ccc(O[B]O)cc1Cl. The van der Waals surface area contributed by atoms with E-state index < -0.39 is 0 Å². The van der Waals surface area contributed by atoms with Gasteiger partial charge in [0.15, 0.2) is 0 Å². The van der Waals surface area contributed by atoms with Gasteiger partial charge >= 0.3 is 7.69 Å². The third-order valence-corrected chi connectivity index (χ3v) is 6.67. The molecule has 0 spiro atoms. The van der Waals surface area contributed by atoms with Gasteiger partial charge in [0.05, 0.1) is 0 Å². The summed E-state index contributed by atoms with van der Waals surface area (Å²) >= 11 is 15.2. The molecule has 4 rings (SSSR count). The predicted molar refractivity (Wildman–Crippen MR) is 159 cm³/mol. The summed E-state index contributed by atoms with van der Waals surface area (Å²) in [6.45, 7) is 7.88. The zero-order chi connectivity index (χ0) is 26.8. The van der Waals surface area contributed by atoms with Crippen molar-refractivity contribution in [3.63, 3.8) is 0 Å². The summed E-state index contributed by atoms with van der Waals surface area (Å²) in [5, 5.41) is 9.71. The molecule has 4 aromatic carbocycles. The first-order valence-corrected chi connectivity index (χ1v) is 12.6. The van der Waals surface area contributed by atoms with Crippen LogP contribution in [0.2, 0.25) is 10.0 Å². The van der Waals surface area contributed by atoms with Gasteiger partial charge in [-0.1, -0.05) is 75.5 Å². The van der Waals surface area contributed by atoms with Crippen molar-refractivity contribution in [2.45, 2.75) is 27.7 Å². The quantitative estimate of drug-likeness (QED) is 0.167. The smallest absolute Gasteiger partial charge is 0.537 e. The minimum atomic E-state index is 0.531. The second-order valence-electron chi connectivity index (χ2n) is 8.17. The standard InChI is InChI=1S/C14H14ClN.C7H7BClO2.C7H8BrN/c1-9-3-5-11(7-13(9)15)12-6-4-10(2)14(16)8-12;1-5-2-3-6(11-8-10)4-7(5)9;1-5-2-3-6(8)4-7(5)9/h3-8H,16H2,1-2H3;2-4,10H,1H3;2-4H,9H2,1H3. The van der Waals surface area contributed by atoms with Gasteiger partial charge in [-0.2, -0.15) is 0 Å². The molecular formula is C28H29BBrCl2N2O2. The first-order valence-electron chi connectivity index (χ1n) is 11.0. The number of nitrogens with two attached hydrogens (primary N) is 2. The molecule has 0 aliphatic heterocycles. The molecule has 0 aromatic heterocycles. The molecule has 5 N–H and O–H groups in total. The van der Waals surface area contributed by atoms with Crippen LogP contribution in [0.25, 0.3) is 11.1 Å². The first kappa shape index (κ1) is 29.6. The normalized spacial score (nSPS) is 9.89. The lowest BCUT2D eigenvalue weighted by molar-refractivity contribution is 0.454. The van der Waals surface area contributed by atoms with E-state index >= 15 is 0 Å². The zero-order valence-corrected chi connectivity index (χ0v) is 23.7. The van der Waals surface area contributed by atoms with Gasteiger partial charge in [-0.05, 0) is 97.5 Å². The molecule has 0 atom stereocenters. The third-order valence-electron chi connectivity index (χ3n) is 5.36. The second-order valence-corrected chi connectivity index (χ2v) is 9.90. The van der Waals surface area contributed by atoms with Gasteiger partial charge in [0.25, 0.3) is 0 Å². The molecule has 36 heavy (non-hydrogen) atoms. The summed E-state index contributed by atoms with van der Waals surface area (Å²) in [5.41, 5.74) is 19.6. The number of hydrogen-bond acceptors (Lipinski definition) is 4. The Bertz CT molecular complexity index is 1270. The van der Waals surface area contributed by atoms with Crippen molar-refractivity contribution in [3.8, 4) is 16.9 Å². The van der Waals surface area contributed by atoms with E-state index in [-0.39, 0.29) is 0 Å². The van der Waals surface area contributed by atoms with E-state index in [1.807, 2.05) is 76.2 Å². The van der Waals surface area contributed by atoms with Crippen molar-refractivity contribution in [1.82, 2.24) is 0 Å². The van der Waals surface area contributed by atoms with E-state index in [2.05, 4.69) is 32.7 Å². The third kappa shape index (κ3) is 9.10. The Morgan fingerprint density at radius 3 is 1.61 bits per heavy atom. The summed E-state index contributed by atoms with van der Waals surface area (Å²) in [7, 11) is 0.626. The van der Waals surface area contributed by atoms with E-state index in [0.29, 0.717) is 18.5 Å². The van der Waals surface area contributed by atoms with E-state index in [1.54, 1.807) is 12.1 Å². The fourth-order valence-electron chi connectivity index (χ4n) is 2.91. The highest BCUT2D eigenvalue weighted by Crippen LogP contribution is 2.27. The van der Waals surface area contributed by atoms with Crippen molar-refractivity contribution < 1.29 is 9.68 Å². The molecular weight excluding hydrogens is 558 g/mol. The molecule has 0 heterocycles. The number of rotatable bonds is 3. The summed E-state index contributed by atoms with van der Waals surface area (Å²) in [4.78, 5) is 0. The van der Waals surface area contributed by atoms with Crippen molar-refractivity contribution in [2.24, 2.45) is 0 Å². The number of benzene rings is 4. The molecule has 0 unspecified atom stereocenters. The van der Waals surface area contributed by atoms with Crippen LogP contribution >= 0.6 is 39.1 Å². The number of hydrogen-bond donors (Lipinski definition) is 3. The van der Waals surface area contributed by atoms with Crippen LogP contribution < -0.4 is 16.1 Å². The highest BCUT2D eigenvalue weighted by Gasteiger charge is 2.02. The monoisotopic (exact) mass is 585 g/mol. The number of aryl methyl sites for hydroxylation is 4. The lowest BCUT2D eigenvalue weighted by atomic mass is 10.0. The van der Waals surface area contributed by atoms with Crippen LogP contribution in [0.15, 0.2) is 77.3 Å². The molecule has 0 aliphatic carbocycles. The van der Waals surface area contributed by atoms with Crippen molar-refractivity contribution >= 4 is 58.2 Å². The molecule has 187 valence electrons. The van der Waals surface area contributed by atoms with E-state index in [9.17, 15) is 0 Å². The molecule has 0 aliphatic rings. The highest BCUT2D eigenvalue weighted by atomic mass is 79.9. The van der Waals surface area contributed by atoms with Crippen LogP contribution in [0.3, 0.4) is 0 Å².